The molecule has 1 aromatic rings. The fraction of sp³-hybridized carbons (Fsp3) is 0.400. The quantitative estimate of drug-likeness (QED) is 0.689. The third-order valence-corrected chi connectivity index (χ3v) is 8.15. The van der Waals surface area contributed by atoms with Gasteiger partial charge in [-0.2, -0.15) is 0 Å². The molecule has 0 aromatic heterocycles. The minimum absolute atomic E-state index is 0.244. The first kappa shape index (κ1) is 12.4. The van der Waals surface area contributed by atoms with Crippen LogP contribution in [0.3, 0.4) is 0 Å². The minimum Gasteiger partial charge on any atom is -0.543 e. The predicted molar refractivity (Wildman–Crippen MR) is 76.7 cm³/mol. The van der Waals surface area contributed by atoms with Crippen LogP contribution in [-0.2, 0) is 0 Å². The lowest BCUT2D eigenvalue weighted by Gasteiger charge is -2.36. The van der Waals surface area contributed by atoms with Crippen LogP contribution in [0.2, 0.25) is 18.1 Å². The van der Waals surface area contributed by atoms with Crippen LogP contribution in [0.15, 0.2) is 24.3 Å². The van der Waals surface area contributed by atoms with E-state index in [1.807, 2.05) is 0 Å². The highest BCUT2D eigenvalue weighted by Gasteiger charge is 2.39. The second kappa shape index (κ2) is 4.02. The van der Waals surface area contributed by atoms with Crippen LogP contribution in [0.1, 0.15) is 31.9 Å². The van der Waals surface area contributed by atoms with Crippen molar-refractivity contribution in [2.75, 3.05) is 0 Å². The summed E-state index contributed by atoms with van der Waals surface area (Å²) >= 11 is 0. The number of rotatable bonds is 2. The van der Waals surface area contributed by atoms with E-state index in [1.165, 1.54) is 11.1 Å². The number of hydrogen-bond donors (Lipinski definition) is 0. The molecule has 0 heterocycles. The topological polar surface area (TPSA) is 9.23 Å². The van der Waals surface area contributed by atoms with Gasteiger partial charge in [0.2, 0.25) is 8.32 Å². The Bertz CT molecular complexity index is 452. The van der Waals surface area contributed by atoms with E-state index in [-0.39, 0.29) is 5.04 Å². The summed E-state index contributed by atoms with van der Waals surface area (Å²) in [7, 11) is -1.71. The molecule has 1 aliphatic carbocycles. The fourth-order valence-electron chi connectivity index (χ4n) is 1.62. The summed E-state index contributed by atoms with van der Waals surface area (Å²) in [5.74, 6) is 1.01. The summed E-state index contributed by atoms with van der Waals surface area (Å²) < 4.78 is 6.28. The van der Waals surface area contributed by atoms with Crippen LogP contribution >= 0.6 is 0 Å². The minimum atomic E-state index is -1.71. The summed E-state index contributed by atoms with van der Waals surface area (Å²) in [5.41, 5.74) is 2.55. The van der Waals surface area contributed by atoms with Crippen LogP contribution in [0.25, 0.3) is 6.08 Å². The molecule has 1 nitrogen and oxygen atoms in total. The molecule has 0 fully saturated rings. The van der Waals surface area contributed by atoms with E-state index < -0.39 is 8.32 Å². The van der Waals surface area contributed by atoms with Crippen molar-refractivity contribution in [2.24, 2.45) is 0 Å². The van der Waals surface area contributed by atoms with Crippen molar-refractivity contribution in [1.29, 1.82) is 0 Å². The van der Waals surface area contributed by atoms with Crippen LogP contribution in [0, 0.1) is 6.42 Å². The largest absolute Gasteiger partial charge is 0.543 e. The number of benzene rings is 1. The Hall–Kier alpha value is -1.02. The SMILES string of the molecule is CC(C)(C)[Si](C)(C)Oc1ccc2c(c1)C=C[CH]2. The molecule has 2 heteroatoms. The van der Waals surface area contributed by atoms with E-state index in [0.717, 1.165) is 5.75 Å². The van der Waals surface area contributed by atoms with Gasteiger partial charge in [-0.1, -0.05) is 39.0 Å². The summed E-state index contributed by atoms with van der Waals surface area (Å²) in [4.78, 5) is 0. The lowest BCUT2D eigenvalue weighted by Crippen LogP contribution is -2.43. The van der Waals surface area contributed by atoms with E-state index in [9.17, 15) is 0 Å². The predicted octanol–water partition coefficient (Wildman–Crippen LogP) is 4.65. The van der Waals surface area contributed by atoms with E-state index in [0.29, 0.717) is 0 Å². The average molecular weight is 245 g/mol. The molecule has 0 atom stereocenters. The maximum Gasteiger partial charge on any atom is 0.250 e. The van der Waals surface area contributed by atoms with E-state index >= 15 is 0 Å². The first-order valence-corrected chi connectivity index (χ1v) is 9.05. The Morgan fingerprint density at radius 2 is 1.76 bits per heavy atom. The maximum absolute atomic E-state index is 6.28. The van der Waals surface area contributed by atoms with Gasteiger partial charge in [0.25, 0.3) is 0 Å². The third-order valence-electron chi connectivity index (χ3n) is 3.79. The molecule has 0 aliphatic heterocycles. The highest BCUT2D eigenvalue weighted by molar-refractivity contribution is 6.74. The molecule has 0 N–H and O–H groups in total. The van der Waals surface area contributed by atoms with Crippen LogP contribution in [-0.4, -0.2) is 8.32 Å². The molecule has 17 heavy (non-hydrogen) atoms. The van der Waals surface area contributed by atoms with Crippen molar-refractivity contribution in [1.82, 2.24) is 0 Å². The first-order chi connectivity index (χ1) is 7.79. The van der Waals surface area contributed by atoms with Gasteiger partial charge in [0, 0.05) is 6.42 Å². The van der Waals surface area contributed by atoms with Gasteiger partial charge in [0.15, 0.2) is 0 Å². The average Bonchev–Trinajstić information content (AvgIpc) is 2.62. The molecule has 0 amide bonds. The van der Waals surface area contributed by atoms with Gasteiger partial charge in [-0.25, -0.2) is 0 Å². The van der Waals surface area contributed by atoms with Crippen molar-refractivity contribution >= 4 is 14.4 Å². The Labute approximate surface area is 106 Å². The van der Waals surface area contributed by atoms with Crippen LogP contribution in [0.4, 0.5) is 0 Å². The normalized spacial score (nSPS) is 14.9. The van der Waals surface area contributed by atoms with Crippen molar-refractivity contribution in [3.05, 3.63) is 41.8 Å². The monoisotopic (exact) mass is 245 g/mol. The molecule has 0 spiro atoms. The molecular weight excluding hydrogens is 224 g/mol. The van der Waals surface area contributed by atoms with Gasteiger partial charge in [0.05, 0.1) is 0 Å². The Morgan fingerprint density at radius 3 is 2.41 bits per heavy atom. The van der Waals surface area contributed by atoms with Crippen molar-refractivity contribution < 1.29 is 4.43 Å². The molecule has 2 rings (SSSR count). The van der Waals surface area contributed by atoms with Crippen LogP contribution in [0.5, 0.6) is 5.75 Å². The Morgan fingerprint density at radius 1 is 1.06 bits per heavy atom. The van der Waals surface area contributed by atoms with Gasteiger partial charge in [0.1, 0.15) is 5.75 Å². The zero-order chi connectivity index (χ0) is 12.7. The molecule has 0 bridgehead atoms. The highest BCUT2D eigenvalue weighted by Crippen LogP contribution is 2.38. The molecule has 0 saturated heterocycles. The Balaban J connectivity index is 2.22. The summed E-state index contributed by atoms with van der Waals surface area (Å²) in [6.45, 7) is 11.4. The standard InChI is InChI=1S/C15H21OSi/c1-15(2,3)17(4,5)16-14-10-9-12-7-6-8-13(12)11-14/h6-11H,1-5H3. The third kappa shape index (κ3) is 2.47. The maximum atomic E-state index is 6.28. The molecule has 1 radical (unpaired) electrons. The van der Waals surface area contributed by atoms with E-state index in [4.69, 9.17) is 4.43 Å². The lowest BCUT2D eigenvalue weighted by atomic mass is 10.1. The van der Waals surface area contributed by atoms with Gasteiger partial charge in [-0.05, 0) is 41.4 Å². The number of allylic oxidation sites excluding steroid dienone is 1. The fourth-order valence-corrected chi connectivity index (χ4v) is 2.64. The summed E-state index contributed by atoms with van der Waals surface area (Å²) in [6, 6.07) is 6.37. The zero-order valence-electron chi connectivity index (χ0n) is 11.4. The van der Waals surface area contributed by atoms with Crippen molar-refractivity contribution in [3.63, 3.8) is 0 Å². The Kier molecular flexibility index (Phi) is 2.94. The van der Waals surface area contributed by atoms with Gasteiger partial charge in [-0.3, -0.25) is 0 Å². The van der Waals surface area contributed by atoms with Gasteiger partial charge < -0.3 is 4.43 Å². The van der Waals surface area contributed by atoms with Crippen molar-refractivity contribution in [3.8, 4) is 5.75 Å². The molecule has 1 aliphatic rings. The second-order valence-electron chi connectivity index (χ2n) is 6.18. The summed E-state index contributed by atoms with van der Waals surface area (Å²) in [6.07, 6.45) is 6.35. The number of fused-ring (bicyclic) bond motifs is 1. The summed E-state index contributed by atoms with van der Waals surface area (Å²) in [5, 5.41) is 0.244. The molecule has 0 saturated carbocycles. The van der Waals surface area contributed by atoms with Crippen LogP contribution < -0.4 is 4.43 Å². The first-order valence-electron chi connectivity index (χ1n) is 6.14. The lowest BCUT2D eigenvalue weighted by molar-refractivity contribution is 0.492. The van der Waals surface area contributed by atoms with E-state index in [2.05, 4.69) is 70.6 Å². The molecule has 91 valence electrons. The van der Waals surface area contributed by atoms with E-state index in [1.54, 1.807) is 0 Å². The smallest absolute Gasteiger partial charge is 0.250 e. The molecule has 1 aromatic carbocycles. The second-order valence-corrected chi connectivity index (χ2v) is 10.9. The van der Waals surface area contributed by atoms with Gasteiger partial charge >= 0.3 is 0 Å². The number of hydrogen-bond acceptors (Lipinski definition) is 1. The zero-order valence-corrected chi connectivity index (χ0v) is 12.4. The highest BCUT2D eigenvalue weighted by atomic mass is 28.4. The molecule has 0 unspecified atom stereocenters. The van der Waals surface area contributed by atoms with Crippen molar-refractivity contribution in [2.45, 2.75) is 38.9 Å². The molecular formula is C15H21OSi. The van der Waals surface area contributed by atoms with Gasteiger partial charge in [-0.15, -0.1) is 0 Å².